The number of aliphatic carboxylic acids is 1. The first-order chi connectivity index (χ1) is 5.96. The van der Waals surface area contributed by atoms with Gasteiger partial charge in [0.15, 0.2) is 0 Å². The molecule has 1 rings (SSSR count). The molecule has 0 aliphatic rings. The number of hydrogen-bond acceptors (Lipinski definition) is 3. The van der Waals surface area contributed by atoms with Crippen LogP contribution >= 0.6 is 0 Å². The standard InChI is InChI=1S/C9H13NO3/c1-9(2,8(11)12)7(10)6-3-4-13-5-6/h3-5,7H,10H2,1-2H3,(H,11,12)/t7-/m1/s1. The van der Waals surface area contributed by atoms with Gasteiger partial charge < -0.3 is 15.3 Å². The molecule has 0 aliphatic heterocycles. The van der Waals surface area contributed by atoms with Crippen molar-refractivity contribution in [3.63, 3.8) is 0 Å². The van der Waals surface area contributed by atoms with Gasteiger partial charge in [0.25, 0.3) is 0 Å². The van der Waals surface area contributed by atoms with E-state index in [1.165, 1.54) is 12.5 Å². The summed E-state index contributed by atoms with van der Waals surface area (Å²) in [6, 6.07) is 1.12. The minimum Gasteiger partial charge on any atom is -0.481 e. The Morgan fingerprint density at radius 3 is 2.69 bits per heavy atom. The number of rotatable bonds is 3. The third-order valence-corrected chi connectivity index (χ3v) is 2.23. The maximum absolute atomic E-state index is 10.8. The Morgan fingerprint density at radius 1 is 1.69 bits per heavy atom. The fraction of sp³-hybridized carbons (Fsp3) is 0.444. The minimum absolute atomic E-state index is 0.552. The second-order valence-electron chi connectivity index (χ2n) is 3.56. The van der Waals surface area contributed by atoms with Crippen molar-refractivity contribution in [3.8, 4) is 0 Å². The summed E-state index contributed by atoms with van der Waals surface area (Å²) in [5, 5.41) is 8.90. The van der Waals surface area contributed by atoms with Gasteiger partial charge in [-0.25, -0.2) is 0 Å². The zero-order valence-electron chi connectivity index (χ0n) is 7.65. The van der Waals surface area contributed by atoms with Crippen LogP contribution in [0.2, 0.25) is 0 Å². The van der Waals surface area contributed by atoms with Crippen molar-refractivity contribution >= 4 is 5.97 Å². The Kier molecular flexibility index (Phi) is 2.43. The normalized spacial score (nSPS) is 14.1. The van der Waals surface area contributed by atoms with Crippen molar-refractivity contribution in [2.75, 3.05) is 0 Å². The number of furan rings is 1. The number of hydrogen-bond donors (Lipinski definition) is 2. The van der Waals surface area contributed by atoms with Gasteiger partial charge in [-0.05, 0) is 19.9 Å². The molecule has 0 aliphatic carbocycles. The van der Waals surface area contributed by atoms with Gasteiger partial charge in [-0.1, -0.05) is 0 Å². The Morgan fingerprint density at radius 2 is 2.31 bits per heavy atom. The lowest BCUT2D eigenvalue weighted by atomic mass is 9.82. The van der Waals surface area contributed by atoms with Crippen LogP contribution in [0, 0.1) is 5.41 Å². The molecule has 72 valence electrons. The second-order valence-corrected chi connectivity index (χ2v) is 3.56. The van der Waals surface area contributed by atoms with E-state index in [1.807, 2.05) is 0 Å². The molecule has 0 aromatic carbocycles. The fourth-order valence-electron chi connectivity index (χ4n) is 1.00. The van der Waals surface area contributed by atoms with E-state index in [9.17, 15) is 4.79 Å². The molecule has 0 unspecified atom stereocenters. The van der Waals surface area contributed by atoms with Gasteiger partial charge in [-0.15, -0.1) is 0 Å². The Balaban J connectivity index is 2.90. The molecule has 4 nitrogen and oxygen atoms in total. The summed E-state index contributed by atoms with van der Waals surface area (Å²) in [5.41, 5.74) is 5.50. The van der Waals surface area contributed by atoms with Gasteiger partial charge in [0.2, 0.25) is 0 Å². The van der Waals surface area contributed by atoms with E-state index in [0.29, 0.717) is 5.56 Å². The first-order valence-corrected chi connectivity index (χ1v) is 3.97. The first-order valence-electron chi connectivity index (χ1n) is 3.97. The predicted molar refractivity (Wildman–Crippen MR) is 47.1 cm³/mol. The molecule has 0 saturated heterocycles. The topological polar surface area (TPSA) is 76.5 Å². The molecule has 1 heterocycles. The Bertz CT molecular complexity index is 290. The minimum atomic E-state index is -0.982. The van der Waals surface area contributed by atoms with Gasteiger partial charge in [0, 0.05) is 11.6 Å². The van der Waals surface area contributed by atoms with Crippen LogP contribution < -0.4 is 5.73 Å². The molecular weight excluding hydrogens is 170 g/mol. The molecule has 0 spiro atoms. The quantitative estimate of drug-likeness (QED) is 0.742. The summed E-state index contributed by atoms with van der Waals surface area (Å²) in [4.78, 5) is 10.8. The monoisotopic (exact) mass is 183 g/mol. The Labute approximate surface area is 76.3 Å². The maximum Gasteiger partial charge on any atom is 0.311 e. The maximum atomic E-state index is 10.8. The predicted octanol–water partition coefficient (Wildman–Crippen LogP) is 1.39. The highest BCUT2D eigenvalue weighted by atomic mass is 16.4. The molecule has 4 heteroatoms. The Hall–Kier alpha value is -1.29. The molecule has 1 aromatic heterocycles. The molecule has 1 aromatic rings. The molecule has 0 fully saturated rings. The van der Waals surface area contributed by atoms with E-state index in [2.05, 4.69) is 0 Å². The van der Waals surface area contributed by atoms with Crippen molar-refractivity contribution in [1.82, 2.24) is 0 Å². The number of carboxylic acids is 1. The van der Waals surface area contributed by atoms with Gasteiger partial charge >= 0.3 is 5.97 Å². The highest BCUT2D eigenvalue weighted by Crippen LogP contribution is 2.31. The van der Waals surface area contributed by atoms with Crippen molar-refractivity contribution in [3.05, 3.63) is 24.2 Å². The lowest BCUT2D eigenvalue weighted by Crippen LogP contribution is -2.36. The van der Waals surface area contributed by atoms with Crippen LogP contribution in [0.5, 0.6) is 0 Å². The number of nitrogens with two attached hydrogens (primary N) is 1. The van der Waals surface area contributed by atoms with Crippen LogP contribution in [-0.4, -0.2) is 11.1 Å². The van der Waals surface area contributed by atoms with Crippen LogP contribution in [0.4, 0.5) is 0 Å². The second kappa shape index (κ2) is 3.22. The fourth-order valence-corrected chi connectivity index (χ4v) is 1.00. The van der Waals surface area contributed by atoms with Crippen LogP contribution in [0.1, 0.15) is 25.5 Å². The smallest absolute Gasteiger partial charge is 0.311 e. The molecule has 3 N–H and O–H groups in total. The molecule has 13 heavy (non-hydrogen) atoms. The summed E-state index contributed by atoms with van der Waals surface area (Å²) in [7, 11) is 0. The summed E-state index contributed by atoms with van der Waals surface area (Å²) in [5.74, 6) is -0.916. The van der Waals surface area contributed by atoms with Crippen LogP contribution in [0.25, 0.3) is 0 Å². The lowest BCUT2D eigenvalue weighted by Gasteiger charge is -2.25. The average molecular weight is 183 g/mol. The van der Waals surface area contributed by atoms with E-state index in [4.69, 9.17) is 15.3 Å². The molecular formula is C9H13NO3. The molecule has 0 saturated carbocycles. The largest absolute Gasteiger partial charge is 0.481 e. The summed E-state index contributed by atoms with van der Waals surface area (Å²) in [6.45, 7) is 3.18. The third kappa shape index (κ3) is 1.72. The summed E-state index contributed by atoms with van der Waals surface area (Å²) < 4.78 is 4.84. The van der Waals surface area contributed by atoms with E-state index in [1.54, 1.807) is 19.9 Å². The van der Waals surface area contributed by atoms with Crippen LogP contribution in [-0.2, 0) is 4.79 Å². The number of carboxylic acid groups (broad SMARTS) is 1. The van der Waals surface area contributed by atoms with Crippen LogP contribution in [0.3, 0.4) is 0 Å². The van der Waals surface area contributed by atoms with Crippen molar-refractivity contribution < 1.29 is 14.3 Å². The molecule has 0 amide bonds. The van der Waals surface area contributed by atoms with Crippen molar-refractivity contribution in [1.29, 1.82) is 0 Å². The van der Waals surface area contributed by atoms with Crippen LogP contribution in [0.15, 0.2) is 23.0 Å². The summed E-state index contributed by atoms with van der Waals surface area (Å²) in [6.07, 6.45) is 2.95. The lowest BCUT2D eigenvalue weighted by molar-refractivity contribution is -0.148. The molecule has 1 atom stereocenters. The third-order valence-electron chi connectivity index (χ3n) is 2.23. The van der Waals surface area contributed by atoms with Gasteiger partial charge in [-0.2, -0.15) is 0 Å². The SMILES string of the molecule is CC(C)(C(=O)O)[C@H](N)c1ccoc1. The first kappa shape index (κ1) is 9.80. The van der Waals surface area contributed by atoms with E-state index >= 15 is 0 Å². The van der Waals surface area contributed by atoms with E-state index in [-0.39, 0.29) is 0 Å². The average Bonchev–Trinajstić information content (AvgIpc) is 2.54. The van der Waals surface area contributed by atoms with Gasteiger partial charge in [0.05, 0.1) is 17.9 Å². The van der Waals surface area contributed by atoms with Crippen molar-refractivity contribution in [2.45, 2.75) is 19.9 Å². The van der Waals surface area contributed by atoms with Crippen molar-refractivity contribution in [2.24, 2.45) is 11.1 Å². The zero-order chi connectivity index (χ0) is 10.1. The molecule has 0 bridgehead atoms. The number of carbonyl (C=O) groups is 1. The van der Waals surface area contributed by atoms with E-state index < -0.39 is 17.4 Å². The van der Waals surface area contributed by atoms with Gasteiger partial charge in [-0.3, -0.25) is 4.79 Å². The highest BCUT2D eigenvalue weighted by molar-refractivity contribution is 5.74. The molecule has 0 radical (unpaired) electrons. The summed E-state index contributed by atoms with van der Waals surface area (Å²) >= 11 is 0. The highest BCUT2D eigenvalue weighted by Gasteiger charge is 2.35. The zero-order valence-corrected chi connectivity index (χ0v) is 7.65. The van der Waals surface area contributed by atoms with Gasteiger partial charge in [0.1, 0.15) is 0 Å². The van der Waals surface area contributed by atoms with E-state index in [0.717, 1.165) is 0 Å².